The zero-order valence-electron chi connectivity index (χ0n) is 17.8. The molecule has 0 nitrogen and oxygen atoms in total. The van der Waals surface area contributed by atoms with Crippen molar-refractivity contribution in [3.63, 3.8) is 0 Å². The Morgan fingerprint density at radius 1 is 0.692 bits per heavy atom. The zero-order chi connectivity index (χ0) is 18.5. The van der Waals surface area contributed by atoms with Crippen molar-refractivity contribution in [3.8, 4) is 0 Å². The molecule has 0 atom stereocenters. The summed E-state index contributed by atoms with van der Waals surface area (Å²) in [5.74, 6) is 3.75. The van der Waals surface area contributed by atoms with Crippen LogP contribution in [0.5, 0.6) is 0 Å². The molecule has 2 rings (SSSR count). The fourth-order valence-corrected chi connectivity index (χ4v) is 5.22. The third-order valence-electron chi connectivity index (χ3n) is 7.23. The average molecular weight is 359 g/mol. The molecule has 0 aromatic carbocycles. The minimum atomic E-state index is 0.797. The molecular weight excluding hydrogens is 312 g/mol. The van der Waals surface area contributed by atoms with Crippen LogP contribution in [-0.4, -0.2) is 0 Å². The van der Waals surface area contributed by atoms with Crippen molar-refractivity contribution in [2.75, 3.05) is 0 Å². The Balaban J connectivity index is 1.46. The van der Waals surface area contributed by atoms with Gasteiger partial charge in [0.05, 0.1) is 0 Å². The molecule has 2 aliphatic rings. The maximum absolute atomic E-state index is 3.96. The number of rotatable bonds is 12. The van der Waals surface area contributed by atoms with E-state index in [1.807, 2.05) is 0 Å². The minimum absolute atomic E-state index is 0.797. The Morgan fingerprint density at radius 3 is 1.92 bits per heavy atom. The summed E-state index contributed by atoms with van der Waals surface area (Å²) in [7, 11) is 0. The van der Waals surface area contributed by atoms with Gasteiger partial charge in [-0.1, -0.05) is 95.8 Å². The van der Waals surface area contributed by atoms with Gasteiger partial charge in [-0.15, -0.1) is 6.58 Å². The molecule has 2 aliphatic carbocycles. The van der Waals surface area contributed by atoms with Crippen LogP contribution >= 0.6 is 0 Å². The number of hydrogen-bond donors (Lipinski definition) is 0. The zero-order valence-corrected chi connectivity index (χ0v) is 17.8. The molecule has 0 aromatic heterocycles. The summed E-state index contributed by atoms with van der Waals surface area (Å²) < 4.78 is 0. The molecule has 0 saturated heterocycles. The van der Waals surface area contributed by atoms with Crippen molar-refractivity contribution in [3.05, 3.63) is 24.8 Å². The first-order valence-corrected chi connectivity index (χ1v) is 12.1. The van der Waals surface area contributed by atoms with Gasteiger partial charge in [0.1, 0.15) is 0 Å². The van der Waals surface area contributed by atoms with Gasteiger partial charge in [-0.25, -0.2) is 0 Å². The van der Waals surface area contributed by atoms with Crippen LogP contribution in [0.3, 0.4) is 0 Å². The van der Waals surface area contributed by atoms with Gasteiger partial charge >= 0.3 is 0 Å². The molecule has 0 radical (unpaired) electrons. The SMILES string of the molecule is C=C[C@H]1CC[C@H](C=CCC[C@H]2CC[C@H](CCCCCCCC)CC2)CC1. The predicted molar refractivity (Wildman–Crippen MR) is 117 cm³/mol. The Labute approximate surface area is 164 Å². The first-order valence-electron chi connectivity index (χ1n) is 12.1. The lowest BCUT2D eigenvalue weighted by molar-refractivity contribution is 0.249. The first kappa shape index (κ1) is 21.8. The Kier molecular flexibility index (Phi) is 11.4. The highest BCUT2D eigenvalue weighted by Crippen LogP contribution is 2.35. The summed E-state index contributed by atoms with van der Waals surface area (Å²) in [5, 5.41) is 0. The monoisotopic (exact) mass is 358 g/mol. The summed E-state index contributed by atoms with van der Waals surface area (Å²) in [4.78, 5) is 0. The summed E-state index contributed by atoms with van der Waals surface area (Å²) in [6.07, 6.45) is 31.8. The van der Waals surface area contributed by atoms with Crippen LogP contribution in [0, 0.1) is 23.7 Å². The third-order valence-corrected chi connectivity index (χ3v) is 7.23. The summed E-state index contributed by atoms with van der Waals surface area (Å²) >= 11 is 0. The van der Waals surface area contributed by atoms with E-state index in [-0.39, 0.29) is 0 Å². The van der Waals surface area contributed by atoms with Crippen LogP contribution in [0.4, 0.5) is 0 Å². The van der Waals surface area contributed by atoms with E-state index in [0.29, 0.717) is 0 Å². The lowest BCUT2D eigenvalue weighted by Gasteiger charge is -2.28. The lowest BCUT2D eigenvalue weighted by Crippen LogP contribution is -2.14. The molecule has 0 spiro atoms. The van der Waals surface area contributed by atoms with Crippen molar-refractivity contribution in [1.82, 2.24) is 0 Å². The van der Waals surface area contributed by atoms with E-state index in [4.69, 9.17) is 0 Å². The second-order valence-electron chi connectivity index (χ2n) is 9.36. The van der Waals surface area contributed by atoms with Gasteiger partial charge in [-0.3, -0.25) is 0 Å². The van der Waals surface area contributed by atoms with E-state index in [1.54, 1.807) is 0 Å². The number of unbranched alkanes of at least 4 members (excludes halogenated alkanes) is 5. The van der Waals surface area contributed by atoms with Crippen LogP contribution < -0.4 is 0 Å². The molecule has 2 saturated carbocycles. The molecule has 2 fully saturated rings. The maximum Gasteiger partial charge on any atom is -0.0233 e. The first-order chi connectivity index (χ1) is 12.8. The van der Waals surface area contributed by atoms with Crippen LogP contribution in [0.25, 0.3) is 0 Å². The molecule has 0 aromatic rings. The maximum atomic E-state index is 3.96. The van der Waals surface area contributed by atoms with E-state index >= 15 is 0 Å². The van der Waals surface area contributed by atoms with E-state index in [9.17, 15) is 0 Å². The number of allylic oxidation sites excluding steroid dienone is 3. The highest BCUT2D eigenvalue weighted by atomic mass is 14.3. The van der Waals surface area contributed by atoms with Gasteiger partial charge in [-0.2, -0.15) is 0 Å². The van der Waals surface area contributed by atoms with Gasteiger partial charge in [-0.05, 0) is 62.2 Å². The predicted octanol–water partition coefficient (Wildman–Crippen LogP) is 8.87. The molecule has 0 N–H and O–H groups in total. The molecule has 0 aliphatic heterocycles. The van der Waals surface area contributed by atoms with Crippen molar-refractivity contribution >= 4 is 0 Å². The standard InChI is InChI=1S/C26H46/c1-3-5-6-7-8-9-12-24-19-21-26(22-20-24)14-11-10-13-25-17-15-23(4-2)16-18-25/h4,10,13,23-26H,2-3,5-9,11-12,14-22H2,1H3/t23-,24-,25-,26-. The third kappa shape index (κ3) is 8.92. The summed E-state index contributed by atoms with van der Waals surface area (Å²) in [6.45, 7) is 6.26. The van der Waals surface area contributed by atoms with E-state index in [1.165, 1.54) is 109 Å². The highest BCUT2D eigenvalue weighted by Gasteiger charge is 2.20. The van der Waals surface area contributed by atoms with Crippen LogP contribution in [-0.2, 0) is 0 Å². The highest BCUT2D eigenvalue weighted by molar-refractivity contribution is 4.94. The normalized spacial score (nSPS) is 29.9. The van der Waals surface area contributed by atoms with E-state index in [0.717, 1.165) is 23.7 Å². The molecule has 150 valence electrons. The Hall–Kier alpha value is -0.520. The van der Waals surface area contributed by atoms with Gasteiger partial charge in [0.15, 0.2) is 0 Å². The Morgan fingerprint density at radius 2 is 1.27 bits per heavy atom. The topological polar surface area (TPSA) is 0 Å². The van der Waals surface area contributed by atoms with Crippen molar-refractivity contribution < 1.29 is 0 Å². The van der Waals surface area contributed by atoms with Crippen molar-refractivity contribution in [2.24, 2.45) is 23.7 Å². The summed E-state index contributed by atoms with van der Waals surface area (Å²) in [5.41, 5.74) is 0. The van der Waals surface area contributed by atoms with Crippen LogP contribution in [0.15, 0.2) is 24.8 Å². The Bertz CT molecular complexity index is 363. The lowest BCUT2D eigenvalue weighted by atomic mass is 9.78. The molecule has 0 heteroatoms. The fraction of sp³-hybridized carbons (Fsp3) is 0.846. The van der Waals surface area contributed by atoms with Gasteiger partial charge < -0.3 is 0 Å². The fourth-order valence-electron chi connectivity index (χ4n) is 5.22. The molecule has 26 heavy (non-hydrogen) atoms. The molecule has 0 unspecified atom stereocenters. The van der Waals surface area contributed by atoms with Gasteiger partial charge in [0, 0.05) is 0 Å². The minimum Gasteiger partial charge on any atom is -0.103 e. The van der Waals surface area contributed by atoms with E-state index < -0.39 is 0 Å². The second kappa shape index (κ2) is 13.6. The molecule has 0 heterocycles. The second-order valence-corrected chi connectivity index (χ2v) is 9.36. The summed E-state index contributed by atoms with van der Waals surface area (Å²) in [6, 6.07) is 0. The van der Waals surface area contributed by atoms with Gasteiger partial charge in [0.2, 0.25) is 0 Å². The van der Waals surface area contributed by atoms with E-state index in [2.05, 4.69) is 31.7 Å². The molecule has 0 amide bonds. The average Bonchev–Trinajstić information content (AvgIpc) is 2.69. The largest absolute Gasteiger partial charge is 0.103 e. The molecule has 0 bridgehead atoms. The number of hydrogen-bond acceptors (Lipinski definition) is 0. The van der Waals surface area contributed by atoms with Crippen LogP contribution in [0.1, 0.15) is 116 Å². The smallest absolute Gasteiger partial charge is 0.0233 e. The molecular formula is C26H46. The van der Waals surface area contributed by atoms with Crippen molar-refractivity contribution in [1.29, 1.82) is 0 Å². The van der Waals surface area contributed by atoms with Crippen molar-refractivity contribution in [2.45, 2.75) is 116 Å². The quantitative estimate of drug-likeness (QED) is 0.241. The van der Waals surface area contributed by atoms with Crippen LogP contribution in [0.2, 0.25) is 0 Å². The van der Waals surface area contributed by atoms with Gasteiger partial charge in [0.25, 0.3) is 0 Å².